The summed E-state index contributed by atoms with van der Waals surface area (Å²) < 4.78 is 16.5. The number of hydrogen-bond acceptors (Lipinski definition) is 7. The quantitative estimate of drug-likeness (QED) is 0.396. The molecule has 2 aliphatic rings. The van der Waals surface area contributed by atoms with Gasteiger partial charge in [-0.15, -0.1) is 0 Å². The van der Waals surface area contributed by atoms with Crippen LogP contribution in [0.2, 0.25) is 5.02 Å². The van der Waals surface area contributed by atoms with E-state index in [4.69, 9.17) is 22.3 Å². The standard InChI is InChI=1S/C24H29ClFN7O2/c25-17-5-2-6-18(26)20(17)31-24-30-19-12-28-23(29-14-3-1-4-16(34)11-14)32-22(19)33(24)15-9-7-13(8-10-15)21(27)35/h2,5-6,12-16,34H,1,3-4,7-11H2,(H2,27,35)(H,30,31)(H,28,29,32)/t13-,14-,15+,16-/m1/s1. The summed E-state index contributed by atoms with van der Waals surface area (Å²) in [5.74, 6) is -0.0482. The zero-order valence-electron chi connectivity index (χ0n) is 19.3. The summed E-state index contributed by atoms with van der Waals surface area (Å²) in [6, 6.07) is 4.57. The second-order valence-electron chi connectivity index (χ2n) is 9.50. The van der Waals surface area contributed by atoms with Crippen molar-refractivity contribution < 1.29 is 14.3 Å². The molecule has 1 amide bonds. The van der Waals surface area contributed by atoms with Crippen LogP contribution in [0.3, 0.4) is 0 Å². The van der Waals surface area contributed by atoms with Gasteiger partial charge in [0.1, 0.15) is 11.3 Å². The number of amides is 1. The molecule has 5 N–H and O–H groups in total. The van der Waals surface area contributed by atoms with Gasteiger partial charge in [-0.25, -0.2) is 14.4 Å². The van der Waals surface area contributed by atoms with Crippen LogP contribution in [0.1, 0.15) is 57.4 Å². The Morgan fingerprint density at radius 2 is 1.97 bits per heavy atom. The molecule has 2 saturated carbocycles. The molecule has 186 valence electrons. The van der Waals surface area contributed by atoms with Gasteiger partial charge in [0.05, 0.1) is 23.0 Å². The van der Waals surface area contributed by atoms with Crippen LogP contribution in [0, 0.1) is 11.7 Å². The monoisotopic (exact) mass is 501 g/mol. The number of imidazole rings is 1. The lowest BCUT2D eigenvalue weighted by atomic mass is 9.85. The molecule has 0 spiro atoms. The van der Waals surface area contributed by atoms with Gasteiger partial charge in [0.25, 0.3) is 0 Å². The Morgan fingerprint density at radius 3 is 2.69 bits per heavy atom. The van der Waals surface area contributed by atoms with Gasteiger partial charge in [-0.05, 0) is 63.5 Å². The topological polar surface area (TPSA) is 131 Å². The van der Waals surface area contributed by atoms with Gasteiger partial charge >= 0.3 is 0 Å². The molecule has 1 aromatic carbocycles. The van der Waals surface area contributed by atoms with E-state index in [0.29, 0.717) is 55.2 Å². The van der Waals surface area contributed by atoms with Gasteiger partial charge in [-0.2, -0.15) is 4.98 Å². The van der Waals surface area contributed by atoms with Crippen molar-refractivity contribution in [1.29, 1.82) is 0 Å². The first-order valence-corrected chi connectivity index (χ1v) is 12.5. The normalized spacial score (nSPS) is 24.9. The van der Waals surface area contributed by atoms with E-state index in [1.165, 1.54) is 6.07 Å². The molecule has 2 atom stereocenters. The lowest BCUT2D eigenvalue weighted by molar-refractivity contribution is -0.122. The molecule has 0 bridgehead atoms. The van der Waals surface area contributed by atoms with Crippen LogP contribution in [-0.2, 0) is 4.79 Å². The second-order valence-corrected chi connectivity index (χ2v) is 9.91. The van der Waals surface area contributed by atoms with Crippen molar-refractivity contribution in [2.45, 2.75) is 69.6 Å². The van der Waals surface area contributed by atoms with E-state index in [9.17, 15) is 14.3 Å². The highest BCUT2D eigenvalue weighted by atomic mass is 35.5. The van der Waals surface area contributed by atoms with E-state index in [1.54, 1.807) is 18.3 Å². The minimum absolute atomic E-state index is 0.0112. The molecule has 35 heavy (non-hydrogen) atoms. The summed E-state index contributed by atoms with van der Waals surface area (Å²) in [6.45, 7) is 0. The Hall–Kier alpha value is -2.98. The zero-order valence-corrected chi connectivity index (χ0v) is 20.0. The van der Waals surface area contributed by atoms with Crippen LogP contribution in [0.4, 0.5) is 22.0 Å². The Labute approximate surface area is 207 Å². The number of carbonyl (C=O) groups excluding carboxylic acids is 1. The fourth-order valence-corrected chi connectivity index (χ4v) is 5.43. The average molecular weight is 502 g/mol. The number of halogens is 2. The van der Waals surface area contributed by atoms with Crippen LogP contribution in [0.5, 0.6) is 0 Å². The smallest absolute Gasteiger partial charge is 0.224 e. The Morgan fingerprint density at radius 1 is 1.17 bits per heavy atom. The first-order valence-electron chi connectivity index (χ1n) is 12.1. The highest BCUT2D eigenvalue weighted by molar-refractivity contribution is 6.33. The number of para-hydroxylation sites is 1. The van der Waals surface area contributed by atoms with Gasteiger partial charge in [-0.3, -0.25) is 9.36 Å². The van der Waals surface area contributed by atoms with Crippen molar-refractivity contribution >= 4 is 46.3 Å². The number of aromatic nitrogens is 4. The van der Waals surface area contributed by atoms with E-state index in [2.05, 4.69) is 20.6 Å². The lowest BCUT2D eigenvalue weighted by Gasteiger charge is -2.29. The maximum Gasteiger partial charge on any atom is 0.224 e. The first-order chi connectivity index (χ1) is 16.9. The Kier molecular flexibility index (Phi) is 6.75. The number of carbonyl (C=O) groups is 1. The highest BCUT2D eigenvalue weighted by Gasteiger charge is 2.30. The molecule has 0 radical (unpaired) electrons. The predicted octanol–water partition coefficient (Wildman–Crippen LogP) is 4.29. The van der Waals surface area contributed by atoms with Crippen molar-refractivity contribution in [3.63, 3.8) is 0 Å². The SMILES string of the molecule is NC(=O)[C@H]1CC[C@@H](n2c(Nc3c(F)cccc3Cl)nc3cnc(N[C@@H]4CCC[C@@H](O)C4)nc32)CC1. The minimum atomic E-state index is -0.488. The van der Waals surface area contributed by atoms with Crippen molar-refractivity contribution in [2.75, 3.05) is 10.6 Å². The lowest BCUT2D eigenvalue weighted by Crippen LogP contribution is -2.30. The number of fused-ring (bicyclic) bond motifs is 1. The molecule has 9 nitrogen and oxygen atoms in total. The van der Waals surface area contributed by atoms with Gasteiger partial charge in [0.2, 0.25) is 17.8 Å². The van der Waals surface area contributed by atoms with E-state index < -0.39 is 5.82 Å². The number of rotatable bonds is 6. The predicted molar refractivity (Wildman–Crippen MR) is 132 cm³/mol. The number of nitrogens with zero attached hydrogens (tertiary/aromatic N) is 4. The summed E-state index contributed by atoms with van der Waals surface area (Å²) in [5.41, 5.74) is 6.84. The number of anilines is 3. The van der Waals surface area contributed by atoms with E-state index >= 15 is 0 Å². The summed E-state index contributed by atoms with van der Waals surface area (Å²) in [6.07, 6.45) is 7.41. The van der Waals surface area contributed by atoms with Crippen LogP contribution < -0.4 is 16.4 Å². The number of aliphatic hydroxyl groups is 1. The number of primary amides is 1. The van der Waals surface area contributed by atoms with Crippen molar-refractivity contribution in [3.8, 4) is 0 Å². The molecule has 2 aromatic heterocycles. The molecule has 5 rings (SSSR count). The number of aliphatic hydroxyl groups excluding tert-OH is 1. The third-order valence-electron chi connectivity index (χ3n) is 7.08. The van der Waals surface area contributed by atoms with E-state index in [1.807, 2.05) is 4.57 Å². The van der Waals surface area contributed by atoms with Gasteiger partial charge < -0.3 is 21.5 Å². The zero-order chi connectivity index (χ0) is 24.5. The van der Waals surface area contributed by atoms with Crippen molar-refractivity contribution in [3.05, 3.63) is 35.2 Å². The van der Waals surface area contributed by atoms with Gasteiger partial charge in [0, 0.05) is 18.0 Å². The molecule has 2 fully saturated rings. The van der Waals surface area contributed by atoms with E-state index in [-0.39, 0.29) is 40.7 Å². The number of nitrogens with one attached hydrogen (secondary N) is 2. The number of benzene rings is 1. The molecule has 11 heteroatoms. The third kappa shape index (κ3) is 5.04. The fraction of sp³-hybridized carbons (Fsp3) is 0.500. The Balaban J connectivity index is 1.51. The third-order valence-corrected chi connectivity index (χ3v) is 7.39. The molecule has 0 saturated heterocycles. The maximum absolute atomic E-state index is 14.6. The van der Waals surface area contributed by atoms with E-state index in [0.717, 1.165) is 19.3 Å². The number of hydrogen-bond donors (Lipinski definition) is 4. The molecule has 0 aliphatic heterocycles. The summed E-state index contributed by atoms with van der Waals surface area (Å²) in [4.78, 5) is 25.6. The van der Waals surface area contributed by atoms with Crippen LogP contribution in [0.15, 0.2) is 24.4 Å². The molecule has 2 aliphatic carbocycles. The molecule has 0 unspecified atom stereocenters. The van der Waals surface area contributed by atoms with Crippen LogP contribution >= 0.6 is 11.6 Å². The van der Waals surface area contributed by atoms with Crippen molar-refractivity contribution in [2.24, 2.45) is 11.7 Å². The maximum atomic E-state index is 14.6. The number of nitrogens with two attached hydrogens (primary N) is 1. The fourth-order valence-electron chi connectivity index (χ4n) is 5.22. The molecular weight excluding hydrogens is 473 g/mol. The minimum Gasteiger partial charge on any atom is -0.393 e. The highest BCUT2D eigenvalue weighted by Crippen LogP contribution is 2.38. The second kappa shape index (κ2) is 9.94. The van der Waals surface area contributed by atoms with Crippen molar-refractivity contribution in [1.82, 2.24) is 19.5 Å². The van der Waals surface area contributed by atoms with Crippen LogP contribution in [0.25, 0.3) is 11.2 Å². The summed E-state index contributed by atoms with van der Waals surface area (Å²) >= 11 is 6.27. The summed E-state index contributed by atoms with van der Waals surface area (Å²) in [7, 11) is 0. The molecular formula is C24H29ClFN7O2. The summed E-state index contributed by atoms with van der Waals surface area (Å²) in [5, 5.41) is 16.7. The molecule has 3 aromatic rings. The largest absolute Gasteiger partial charge is 0.393 e. The van der Waals surface area contributed by atoms with Gasteiger partial charge in [-0.1, -0.05) is 17.7 Å². The average Bonchev–Trinajstić information content (AvgIpc) is 3.19. The van der Waals surface area contributed by atoms with Gasteiger partial charge in [0.15, 0.2) is 5.65 Å². The molecule has 2 heterocycles. The first kappa shape index (κ1) is 23.7. The van der Waals surface area contributed by atoms with Crippen LogP contribution in [-0.4, -0.2) is 42.7 Å². The Bertz CT molecular complexity index is 1210.